The predicted octanol–water partition coefficient (Wildman–Crippen LogP) is 3.94. The molecule has 0 atom stereocenters. The lowest BCUT2D eigenvalue weighted by Crippen LogP contribution is -2.20. The Bertz CT molecular complexity index is 252. The van der Waals surface area contributed by atoms with Gasteiger partial charge in [-0.2, -0.15) is 0 Å². The van der Waals surface area contributed by atoms with Gasteiger partial charge in [0, 0.05) is 26.9 Å². The third kappa shape index (κ3) is 18.9. The lowest BCUT2D eigenvalue weighted by atomic mass is 10.1. The van der Waals surface area contributed by atoms with Crippen molar-refractivity contribution in [2.45, 2.75) is 90.9 Å². The summed E-state index contributed by atoms with van der Waals surface area (Å²) in [6, 6.07) is 0. The second-order valence-corrected chi connectivity index (χ2v) is 6.21. The summed E-state index contributed by atoms with van der Waals surface area (Å²) in [6.45, 7) is 4.81. The molecule has 0 unspecified atom stereocenters. The molecule has 4 heteroatoms. The zero-order valence-electron chi connectivity index (χ0n) is 14.7. The van der Waals surface area contributed by atoms with Crippen LogP contribution in [0.5, 0.6) is 0 Å². The first-order chi connectivity index (χ1) is 10.6. The van der Waals surface area contributed by atoms with Crippen LogP contribution >= 0.6 is 0 Å². The van der Waals surface area contributed by atoms with Crippen molar-refractivity contribution >= 4 is 11.8 Å². The highest BCUT2D eigenvalue weighted by Gasteiger charge is 1.95. The summed E-state index contributed by atoms with van der Waals surface area (Å²) in [6.07, 6.45) is 15.3. The molecule has 0 spiro atoms. The molecular formula is C18H36N2O2. The largest absolute Gasteiger partial charge is 0.356 e. The fraction of sp³-hybridized carbons (Fsp3) is 0.889. The summed E-state index contributed by atoms with van der Waals surface area (Å²) in [5.41, 5.74) is 0. The van der Waals surface area contributed by atoms with E-state index in [0.717, 1.165) is 25.9 Å². The molecular weight excluding hydrogens is 276 g/mol. The number of carbonyl (C=O) groups is 2. The van der Waals surface area contributed by atoms with Crippen LogP contribution in [-0.2, 0) is 9.59 Å². The molecule has 0 bridgehead atoms. The Labute approximate surface area is 136 Å². The molecule has 0 heterocycles. The van der Waals surface area contributed by atoms with Gasteiger partial charge >= 0.3 is 0 Å². The van der Waals surface area contributed by atoms with Crippen molar-refractivity contribution in [1.82, 2.24) is 10.6 Å². The molecule has 2 amide bonds. The maximum Gasteiger partial charge on any atom is 0.216 e. The molecule has 4 nitrogen and oxygen atoms in total. The van der Waals surface area contributed by atoms with E-state index >= 15 is 0 Å². The van der Waals surface area contributed by atoms with Crippen LogP contribution in [0.2, 0.25) is 0 Å². The molecule has 130 valence electrons. The van der Waals surface area contributed by atoms with Crippen LogP contribution in [-0.4, -0.2) is 24.9 Å². The van der Waals surface area contributed by atoms with Crippen LogP contribution in [0, 0.1) is 0 Å². The van der Waals surface area contributed by atoms with E-state index in [2.05, 4.69) is 10.6 Å². The highest BCUT2D eigenvalue weighted by atomic mass is 16.1. The number of nitrogens with one attached hydrogen (secondary N) is 2. The Morgan fingerprint density at radius 1 is 0.500 bits per heavy atom. The first-order valence-electron chi connectivity index (χ1n) is 9.12. The van der Waals surface area contributed by atoms with E-state index in [1.807, 2.05) is 0 Å². The summed E-state index contributed by atoms with van der Waals surface area (Å²) in [4.78, 5) is 21.4. The minimum absolute atomic E-state index is 0.0788. The van der Waals surface area contributed by atoms with Crippen LogP contribution in [0.15, 0.2) is 0 Å². The molecule has 0 aromatic heterocycles. The normalized spacial score (nSPS) is 10.5. The van der Waals surface area contributed by atoms with Gasteiger partial charge in [0.05, 0.1) is 0 Å². The fourth-order valence-electron chi connectivity index (χ4n) is 2.55. The van der Waals surface area contributed by atoms with Crippen molar-refractivity contribution in [1.29, 1.82) is 0 Å². The van der Waals surface area contributed by atoms with Crippen LogP contribution < -0.4 is 10.6 Å². The molecule has 0 aromatic rings. The third-order valence-corrected chi connectivity index (χ3v) is 3.85. The maximum absolute atomic E-state index is 10.7. The molecule has 0 saturated heterocycles. The van der Waals surface area contributed by atoms with E-state index in [1.54, 1.807) is 13.8 Å². The number of hydrogen-bond acceptors (Lipinski definition) is 2. The molecule has 0 rings (SSSR count). The number of unbranched alkanes of at least 4 members (excludes halogenated alkanes) is 11. The molecule has 0 fully saturated rings. The van der Waals surface area contributed by atoms with Crippen LogP contribution in [0.1, 0.15) is 90.9 Å². The van der Waals surface area contributed by atoms with E-state index < -0.39 is 0 Å². The van der Waals surface area contributed by atoms with Gasteiger partial charge < -0.3 is 10.6 Å². The molecule has 0 saturated carbocycles. The minimum atomic E-state index is 0.0788. The summed E-state index contributed by atoms with van der Waals surface area (Å²) in [7, 11) is 0. The van der Waals surface area contributed by atoms with E-state index in [4.69, 9.17) is 0 Å². The highest BCUT2D eigenvalue weighted by molar-refractivity contribution is 5.72. The lowest BCUT2D eigenvalue weighted by Gasteiger charge is -2.04. The second kappa shape index (κ2) is 16.3. The van der Waals surface area contributed by atoms with Crippen molar-refractivity contribution in [3.63, 3.8) is 0 Å². The number of amides is 2. The smallest absolute Gasteiger partial charge is 0.216 e. The van der Waals surface area contributed by atoms with Gasteiger partial charge in [-0.15, -0.1) is 0 Å². The van der Waals surface area contributed by atoms with Crippen molar-refractivity contribution in [3.05, 3.63) is 0 Å². The van der Waals surface area contributed by atoms with Gasteiger partial charge in [0.2, 0.25) is 11.8 Å². The zero-order valence-corrected chi connectivity index (χ0v) is 14.7. The monoisotopic (exact) mass is 312 g/mol. The minimum Gasteiger partial charge on any atom is -0.356 e. The van der Waals surface area contributed by atoms with Crippen LogP contribution in [0.4, 0.5) is 0 Å². The molecule has 2 N–H and O–H groups in total. The Balaban J connectivity index is 2.99. The SMILES string of the molecule is CC(=O)NCCCCCCCCCCCCCCNC(C)=O. The summed E-state index contributed by atoms with van der Waals surface area (Å²) < 4.78 is 0. The zero-order chi connectivity index (χ0) is 16.5. The Hall–Kier alpha value is -1.06. The number of hydrogen-bond donors (Lipinski definition) is 2. The van der Waals surface area contributed by atoms with E-state index in [-0.39, 0.29) is 11.8 Å². The fourth-order valence-corrected chi connectivity index (χ4v) is 2.55. The molecule has 0 aliphatic heterocycles. The second-order valence-electron chi connectivity index (χ2n) is 6.21. The van der Waals surface area contributed by atoms with E-state index in [9.17, 15) is 9.59 Å². The molecule has 22 heavy (non-hydrogen) atoms. The molecule has 0 radical (unpaired) electrons. The standard InChI is InChI=1S/C18H36N2O2/c1-17(21)19-15-13-11-9-7-5-3-4-6-8-10-12-14-16-20-18(2)22/h3-16H2,1-2H3,(H,19,21)(H,20,22). The summed E-state index contributed by atoms with van der Waals surface area (Å²) >= 11 is 0. The quantitative estimate of drug-likeness (QED) is 0.450. The molecule has 0 aliphatic carbocycles. The topological polar surface area (TPSA) is 58.2 Å². The van der Waals surface area contributed by atoms with E-state index in [0.29, 0.717) is 0 Å². The van der Waals surface area contributed by atoms with Gasteiger partial charge in [-0.25, -0.2) is 0 Å². The number of rotatable bonds is 15. The highest BCUT2D eigenvalue weighted by Crippen LogP contribution is 2.11. The van der Waals surface area contributed by atoms with Gasteiger partial charge in [0.1, 0.15) is 0 Å². The van der Waals surface area contributed by atoms with Crippen LogP contribution in [0.25, 0.3) is 0 Å². The average molecular weight is 312 g/mol. The number of carbonyl (C=O) groups excluding carboxylic acids is 2. The van der Waals surface area contributed by atoms with E-state index in [1.165, 1.54) is 64.2 Å². The van der Waals surface area contributed by atoms with Crippen molar-refractivity contribution in [3.8, 4) is 0 Å². The van der Waals surface area contributed by atoms with Gasteiger partial charge in [0.25, 0.3) is 0 Å². The summed E-state index contributed by atoms with van der Waals surface area (Å²) in [5.74, 6) is 0.158. The Kier molecular flexibility index (Phi) is 15.5. The van der Waals surface area contributed by atoms with Crippen LogP contribution in [0.3, 0.4) is 0 Å². The van der Waals surface area contributed by atoms with Gasteiger partial charge in [-0.3, -0.25) is 9.59 Å². The maximum atomic E-state index is 10.7. The average Bonchev–Trinajstić information content (AvgIpc) is 2.46. The van der Waals surface area contributed by atoms with Crippen molar-refractivity contribution < 1.29 is 9.59 Å². The Morgan fingerprint density at radius 3 is 0.955 bits per heavy atom. The first kappa shape index (κ1) is 20.9. The predicted molar refractivity (Wildman–Crippen MR) is 92.8 cm³/mol. The van der Waals surface area contributed by atoms with Gasteiger partial charge in [0.15, 0.2) is 0 Å². The molecule has 0 aromatic carbocycles. The first-order valence-corrected chi connectivity index (χ1v) is 9.12. The Morgan fingerprint density at radius 2 is 0.727 bits per heavy atom. The van der Waals surface area contributed by atoms with Gasteiger partial charge in [-0.05, 0) is 12.8 Å². The van der Waals surface area contributed by atoms with Crippen molar-refractivity contribution in [2.24, 2.45) is 0 Å². The molecule has 0 aliphatic rings. The third-order valence-electron chi connectivity index (χ3n) is 3.85. The van der Waals surface area contributed by atoms with Gasteiger partial charge in [-0.1, -0.05) is 64.2 Å². The summed E-state index contributed by atoms with van der Waals surface area (Å²) in [5, 5.41) is 5.67. The lowest BCUT2D eigenvalue weighted by molar-refractivity contribution is -0.119. The van der Waals surface area contributed by atoms with Crippen molar-refractivity contribution in [2.75, 3.05) is 13.1 Å².